The Morgan fingerprint density at radius 1 is 1.26 bits per heavy atom. The number of amides is 1. The van der Waals surface area contributed by atoms with E-state index in [1.54, 1.807) is 0 Å². The smallest absolute Gasteiger partial charge is 0.232 e. The molecule has 1 aliphatic carbocycles. The lowest BCUT2D eigenvalue weighted by Gasteiger charge is -2.30. The maximum absolute atomic E-state index is 12.2. The van der Waals surface area contributed by atoms with E-state index in [1.807, 2.05) is 13.8 Å². The monoisotopic (exact) mass is 284 g/mol. The van der Waals surface area contributed by atoms with Crippen molar-refractivity contribution < 1.29 is 4.79 Å². The second kappa shape index (κ2) is 7.22. The van der Waals surface area contributed by atoms with Gasteiger partial charge in [0, 0.05) is 6.54 Å². The fraction of sp³-hybridized carbons (Fsp3) is 0.867. The molecular weight excluding hydrogens is 256 g/mol. The highest BCUT2D eigenvalue weighted by Gasteiger charge is 2.34. The molecule has 0 aliphatic heterocycles. The minimum Gasteiger partial charge on any atom is -0.392 e. The van der Waals surface area contributed by atoms with Crippen molar-refractivity contribution in [2.24, 2.45) is 23.0 Å². The van der Waals surface area contributed by atoms with Crippen LogP contribution in [0.25, 0.3) is 0 Å². The predicted molar refractivity (Wildman–Crippen MR) is 83.9 cm³/mol. The molecule has 0 aromatic heterocycles. The van der Waals surface area contributed by atoms with Crippen LogP contribution in [0.15, 0.2) is 0 Å². The van der Waals surface area contributed by atoms with Crippen molar-refractivity contribution in [1.82, 2.24) is 5.32 Å². The van der Waals surface area contributed by atoms with Gasteiger partial charge in [-0.15, -0.1) is 0 Å². The van der Waals surface area contributed by atoms with Crippen molar-refractivity contribution in [1.29, 1.82) is 0 Å². The van der Waals surface area contributed by atoms with Crippen molar-refractivity contribution in [3.05, 3.63) is 0 Å². The first-order valence-electron chi connectivity index (χ1n) is 7.52. The Labute approximate surface area is 122 Å². The molecule has 1 saturated carbocycles. The fourth-order valence-electron chi connectivity index (χ4n) is 2.72. The molecule has 1 amide bonds. The van der Waals surface area contributed by atoms with Crippen LogP contribution >= 0.6 is 12.2 Å². The van der Waals surface area contributed by atoms with Gasteiger partial charge >= 0.3 is 0 Å². The van der Waals surface area contributed by atoms with Crippen LogP contribution in [0.2, 0.25) is 0 Å². The molecule has 19 heavy (non-hydrogen) atoms. The molecule has 1 aliphatic rings. The van der Waals surface area contributed by atoms with E-state index in [1.165, 1.54) is 32.1 Å². The quantitative estimate of drug-likeness (QED) is 0.737. The van der Waals surface area contributed by atoms with E-state index >= 15 is 0 Å². The molecule has 0 bridgehead atoms. The molecule has 4 heteroatoms. The Hall–Kier alpha value is -0.640. The summed E-state index contributed by atoms with van der Waals surface area (Å²) >= 11 is 5.02. The molecule has 0 heterocycles. The topological polar surface area (TPSA) is 55.1 Å². The number of nitrogens with two attached hydrogens (primary N) is 1. The fourth-order valence-corrected chi connectivity index (χ4v) is 2.96. The van der Waals surface area contributed by atoms with Crippen LogP contribution in [0.1, 0.15) is 59.3 Å². The molecule has 0 aromatic carbocycles. The molecule has 0 spiro atoms. The number of hydrogen-bond acceptors (Lipinski definition) is 2. The zero-order chi connectivity index (χ0) is 14.5. The van der Waals surface area contributed by atoms with Gasteiger partial charge in [-0.25, -0.2) is 0 Å². The zero-order valence-electron chi connectivity index (χ0n) is 12.5. The molecular formula is C15H28N2OS. The van der Waals surface area contributed by atoms with Crippen LogP contribution in [0.3, 0.4) is 0 Å². The summed E-state index contributed by atoms with van der Waals surface area (Å²) in [7, 11) is 0. The highest BCUT2D eigenvalue weighted by atomic mass is 32.1. The van der Waals surface area contributed by atoms with E-state index in [-0.39, 0.29) is 5.91 Å². The third-order valence-corrected chi connectivity index (χ3v) is 5.30. The second-order valence-electron chi connectivity index (χ2n) is 6.05. The minimum absolute atomic E-state index is 0.0138. The number of thiocarbonyl (C=S) groups is 1. The summed E-state index contributed by atoms with van der Waals surface area (Å²) in [6.07, 6.45) is 7.00. The zero-order valence-corrected chi connectivity index (χ0v) is 13.3. The van der Waals surface area contributed by atoms with Gasteiger partial charge in [0.2, 0.25) is 5.91 Å². The summed E-state index contributed by atoms with van der Waals surface area (Å²) in [6.45, 7) is 6.82. The highest BCUT2D eigenvalue weighted by Crippen LogP contribution is 2.30. The van der Waals surface area contributed by atoms with Gasteiger partial charge in [-0.2, -0.15) is 0 Å². The van der Waals surface area contributed by atoms with Gasteiger partial charge in [-0.1, -0.05) is 45.3 Å². The van der Waals surface area contributed by atoms with Gasteiger partial charge in [0.1, 0.15) is 0 Å². The van der Waals surface area contributed by atoms with Crippen LogP contribution in [0.4, 0.5) is 0 Å². The maximum Gasteiger partial charge on any atom is 0.232 e. The first-order valence-corrected chi connectivity index (χ1v) is 7.93. The molecule has 1 fully saturated rings. The Morgan fingerprint density at radius 3 is 2.21 bits per heavy atom. The summed E-state index contributed by atoms with van der Waals surface area (Å²) in [6, 6.07) is 0. The lowest BCUT2D eigenvalue weighted by atomic mass is 9.80. The number of nitrogens with one attached hydrogen (secondary N) is 1. The van der Waals surface area contributed by atoms with Crippen molar-refractivity contribution in [2.45, 2.75) is 59.3 Å². The average molecular weight is 284 g/mol. The number of hydrogen-bond donors (Lipinski definition) is 2. The third kappa shape index (κ3) is 4.16. The SMILES string of the molecule is CCC1CCC(CNC(=O)C(C)(CC)C(N)=S)CC1. The van der Waals surface area contributed by atoms with Gasteiger partial charge < -0.3 is 11.1 Å². The van der Waals surface area contributed by atoms with Crippen LogP contribution in [-0.2, 0) is 4.79 Å². The van der Waals surface area contributed by atoms with Crippen molar-refractivity contribution in [3.63, 3.8) is 0 Å². The summed E-state index contributed by atoms with van der Waals surface area (Å²) < 4.78 is 0. The highest BCUT2D eigenvalue weighted by molar-refractivity contribution is 7.80. The predicted octanol–water partition coefficient (Wildman–Crippen LogP) is 3.02. The minimum atomic E-state index is -0.698. The van der Waals surface area contributed by atoms with Gasteiger partial charge in [0.15, 0.2) is 0 Å². The van der Waals surface area contributed by atoms with Crippen molar-refractivity contribution in [2.75, 3.05) is 6.54 Å². The molecule has 1 unspecified atom stereocenters. The summed E-state index contributed by atoms with van der Waals surface area (Å²) in [5, 5.41) is 3.05. The first kappa shape index (κ1) is 16.4. The lowest BCUT2D eigenvalue weighted by molar-refractivity contribution is -0.127. The van der Waals surface area contributed by atoms with E-state index in [0.29, 0.717) is 17.3 Å². The van der Waals surface area contributed by atoms with Crippen molar-refractivity contribution >= 4 is 23.1 Å². The van der Waals surface area contributed by atoms with E-state index in [4.69, 9.17) is 18.0 Å². The van der Waals surface area contributed by atoms with Crippen LogP contribution < -0.4 is 11.1 Å². The normalized spacial score (nSPS) is 26.5. The summed E-state index contributed by atoms with van der Waals surface area (Å²) in [5.41, 5.74) is 5.00. The Kier molecular flexibility index (Phi) is 6.24. The van der Waals surface area contributed by atoms with Crippen LogP contribution in [0, 0.1) is 17.3 Å². The van der Waals surface area contributed by atoms with Gasteiger partial charge in [0.25, 0.3) is 0 Å². The Morgan fingerprint density at radius 2 is 1.79 bits per heavy atom. The molecule has 1 atom stereocenters. The molecule has 0 aromatic rings. The lowest BCUT2D eigenvalue weighted by Crippen LogP contribution is -2.47. The first-order chi connectivity index (χ1) is 8.93. The Bertz CT molecular complexity index is 324. The molecule has 0 saturated heterocycles. The average Bonchev–Trinajstić information content (AvgIpc) is 2.44. The van der Waals surface area contributed by atoms with E-state index < -0.39 is 5.41 Å². The molecule has 1 rings (SSSR count). The maximum atomic E-state index is 12.2. The summed E-state index contributed by atoms with van der Waals surface area (Å²) in [4.78, 5) is 12.5. The standard InChI is InChI=1S/C15H28N2OS/c1-4-11-6-8-12(9-7-11)10-17-14(18)15(3,5-2)13(16)19/h11-12H,4-10H2,1-3H3,(H2,16,19)(H,17,18). The van der Waals surface area contributed by atoms with Gasteiger partial charge in [-0.3, -0.25) is 4.79 Å². The van der Waals surface area contributed by atoms with E-state index in [0.717, 1.165) is 12.5 Å². The molecule has 0 radical (unpaired) electrons. The molecule has 110 valence electrons. The largest absolute Gasteiger partial charge is 0.392 e. The van der Waals surface area contributed by atoms with E-state index in [2.05, 4.69) is 12.2 Å². The van der Waals surface area contributed by atoms with Crippen LogP contribution in [-0.4, -0.2) is 17.4 Å². The van der Waals surface area contributed by atoms with E-state index in [9.17, 15) is 4.79 Å². The number of rotatable bonds is 6. The van der Waals surface area contributed by atoms with Crippen molar-refractivity contribution in [3.8, 4) is 0 Å². The molecule has 3 nitrogen and oxygen atoms in total. The summed E-state index contributed by atoms with van der Waals surface area (Å²) in [5.74, 6) is 1.50. The second-order valence-corrected chi connectivity index (χ2v) is 6.49. The molecule has 3 N–H and O–H groups in total. The number of carbonyl (C=O) groups excluding carboxylic acids is 1. The Balaban J connectivity index is 2.40. The number of carbonyl (C=O) groups is 1. The van der Waals surface area contributed by atoms with Gasteiger partial charge in [-0.05, 0) is 38.0 Å². The van der Waals surface area contributed by atoms with Crippen LogP contribution in [0.5, 0.6) is 0 Å². The van der Waals surface area contributed by atoms with Gasteiger partial charge in [0.05, 0.1) is 10.4 Å². The third-order valence-electron chi connectivity index (χ3n) is 4.85.